The summed E-state index contributed by atoms with van der Waals surface area (Å²) < 4.78 is 31.3. The van der Waals surface area contributed by atoms with Gasteiger partial charge >= 0.3 is 5.97 Å². The summed E-state index contributed by atoms with van der Waals surface area (Å²) in [5.41, 5.74) is 0. The second-order valence-electron chi connectivity index (χ2n) is 2.49. The number of nitrogens with one attached hydrogen (secondary N) is 1. The number of carbonyl (C=O) groups is 1. The number of esters is 1. The summed E-state index contributed by atoms with van der Waals surface area (Å²) in [5.74, 6) is -1.58. The van der Waals surface area contributed by atoms with E-state index in [2.05, 4.69) is 14.3 Å². The van der Waals surface area contributed by atoms with Gasteiger partial charge in [-0.1, -0.05) is 4.89 Å². The van der Waals surface area contributed by atoms with Crippen molar-refractivity contribution in [3.63, 3.8) is 0 Å². The zero-order valence-electron chi connectivity index (χ0n) is 8.69. The first-order valence-electron chi connectivity index (χ1n) is 4.27. The summed E-state index contributed by atoms with van der Waals surface area (Å²) in [4.78, 5) is 17.1. The molecule has 0 amide bonds. The number of hydrogen-bond donors (Lipinski definition) is 1. The minimum atomic E-state index is -3.79. The highest BCUT2D eigenvalue weighted by Gasteiger charge is 2.17. The van der Waals surface area contributed by atoms with E-state index >= 15 is 0 Å². The maximum atomic E-state index is 11.1. The maximum Gasteiger partial charge on any atom is 0.322 e. The lowest BCUT2D eigenvalue weighted by Gasteiger charge is -2.06. The van der Waals surface area contributed by atoms with E-state index in [0.717, 1.165) is 0 Å². The molecule has 0 atom stereocenters. The molecule has 0 fully saturated rings. The van der Waals surface area contributed by atoms with Crippen LogP contribution in [0.15, 0.2) is 0 Å². The summed E-state index contributed by atoms with van der Waals surface area (Å²) in [5, 5.41) is 0. The maximum absolute atomic E-state index is 11.1. The topological polar surface area (TPSA) is 90.9 Å². The molecular weight excluding hydrogens is 226 g/mol. The van der Waals surface area contributed by atoms with Crippen LogP contribution in [0.3, 0.4) is 0 Å². The van der Waals surface area contributed by atoms with E-state index in [0.29, 0.717) is 0 Å². The molecule has 1 N–H and O–H groups in total. The monoisotopic (exact) mass is 241 g/mol. The lowest BCUT2D eigenvalue weighted by Crippen LogP contribution is -2.32. The summed E-state index contributed by atoms with van der Waals surface area (Å²) in [7, 11) is -2.33. The van der Waals surface area contributed by atoms with Crippen molar-refractivity contribution in [2.24, 2.45) is 0 Å². The van der Waals surface area contributed by atoms with Crippen molar-refractivity contribution in [3.05, 3.63) is 0 Å². The molecule has 0 aromatic carbocycles. The van der Waals surface area contributed by atoms with Crippen LogP contribution < -0.4 is 4.89 Å². The Hall–Kier alpha value is -0.700. The number of carbonyl (C=O) groups excluding carboxylic acids is 1. The number of hydrogen-bond acceptors (Lipinski definition) is 6. The SMILES string of the molecule is CCOC(=O)CS(=O)(=O)NOCCOC. The van der Waals surface area contributed by atoms with E-state index in [1.165, 1.54) is 7.11 Å². The van der Waals surface area contributed by atoms with Gasteiger partial charge in [-0.15, -0.1) is 0 Å². The summed E-state index contributed by atoms with van der Waals surface area (Å²) in [6, 6.07) is 0. The van der Waals surface area contributed by atoms with Crippen molar-refractivity contribution >= 4 is 16.0 Å². The van der Waals surface area contributed by atoms with Crippen molar-refractivity contribution in [2.75, 3.05) is 32.7 Å². The molecule has 0 bridgehead atoms. The van der Waals surface area contributed by atoms with Crippen molar-refractivity contribution in [3.8, 4) is 0 Å². The lowest BCUT2D eigenvalue weighted by molar-refractivity contribution is -0.140. The molecule has 0 aromatic heterocycles. The Morgan fingerprint density at radius 3 is 2.53 bits per heavy atom. The van der Waals surface area contributed by atoms with Gasteiger partial charge in [0.1, 0.15) is 0 Å². The molecule has 8 heteroatoms. The number of sulfonamides is 1. The Morgan fingerprint density at radius 1 is 1.33 bits per heavy atom. The Kier molecular flexibility index (Phi) is 7.22. The minimum Gasteiger partial charge on any atom is -0.465 e. The fourth-order valence-corrected chi connectivity index (χ4v) is 1.36. The van der Waals surface area contributed by atoms with Crippen molar-refractivity contribution < 1.29 is 27.5 Å². The summed E-state index contributed by atoms with van der Waals surface area (Å²) in [6.07, 6.45) is 0. The number of ether oxygens (including phenoxy) is 2. The average molecular weight is 241 g/mol. The number of methoxy groups -OCH3 is 1. The molecule has 0 rings (SSSR count). The third-order valence-corrected chi connectivity index (χ3v) is 2.18. The van der Waals surface area contributed by atoms with Crippen LogP contribution in [0.25, 0.3) is 0 Å². The molecule has 0 heterocycles. The van der Waals surface area contributed by atoms with Crippen LogP contribution in [0.4, 0.5) is 0 Å². The van der Waals surface area contributed by atoms with Crippen LogP contribution in [-0.2, 0) is 29.1 Å². The highest BCUT2D eigenvalue weighted by Crippen LogP contribution is 1.88. The van der Waals surface area contributed by atoms with Crippen LogP contribution in [0.1, 0.15) is 6.92 Å². The quantitative estimate of drug-likeness (QED) is 0.334. The highest BCUT2D eigenvalue weighted by molar-refractivity contribution is 7.90. The third-order valence-electron chi connectivity index (χ3n) is 1.19. The van der Waals surface area contributed by atoms with E-state index in [9.17, 15) is 13.2 Å². The van der Waals surface area contributed by atoms with E-state index < -0.39 is 21.7 Å². The second-order valence-corrected chi connectivity index (χ2v) is 4.17. The molecule has 0 spiro atoms. The summed E-state index contributed by atoms with van der Waals surface area (Å²) in [6.45, 7) is 2.05. The van der Waals surface area contributed by atoms with Gasteiger partial charge in [0.15, 0.2) is 5.75 Å². The molecule has 0 aliphatic heterocycles. The molecule has 0 unspecified atom stereocenters. The summed E-state index contributed by atoms with van der Waals surface area (Å²) >= 11 is 0. The molecule has 7 nitrogen and oxygen atoms in total. The van der Waals surface area contributed by atoms with Gasteiger partial charge in [0, 0.05) is 7.11 Å². The molecule has 0 aromatic rings. The van der Waals surface area contributed by atoms with Crippen LogP contribution in [0.5, 0.6) is 0 Å². The first-order chi connectivity index (χ1) is 7.02. The molecule has 0 aliphatic rings. The predicted molar refractivity (Wildman–Crippen MR) is 51.4 cm³/mol. The van der Waals surface area contributed by atoms with Gasteiger partial charge in [-0.3, -0.25) is 9.63 Å². The van der Waals surface area contributed by atoms with Crippen molar-refractivity contribution in [2.45, 2.75) is 6.92 Å². The van der Waals surface area contributed by atoms with E-state index in [-0.39, 0.29) is 19.8 Å². The molecule has 0 saturated heterocycles. The predicted octanol–water partition coefficient (Wildman–Crippen LogP) is -0.953. The van der Waals surface area contributed by atoms with Crippen LogP contribution >= 0.6 is 0 Å². The van der Waals surface area contributed by atoms with Gasteiger partial charge in [-0.2, -0.15) is 0 Å². The molecule has 15 heavy (non-hydrogen) atoms. The van der Waals surface area contributed by atoms with E-state index in [1.807, 2.05) is 0 Å². The Labute approximate surface area is 88.7 Å². The fraction of sp³-hybridized carbons (Fsp3) is 0.857. The van der Waals surface area contributed by atoms with Crippen molar-refractivity contribution in [1.29, 1.82) is 0 Å². The highest BCUT2D eigenvalue weighted by atomic mass is 32.2. The average Bonchev–Trinajstić information content (AvgIpc) is 2.12. The van der Waals surface area contributed by atoms with Gasteiger partial charge in [-0.05, 0) is 6.92 Å². The third kappa shape index (κ3) is 8.30. The van der Waals surface area contributed by atoms with Gasteiger partial charge in [0.2, 0.25) is 10.0 Å². The first kappa shape index (κ1) is 14.3. The second kappa shape index (κ2) is 7.57. The van der Waals surface area contributed by atoms with E-state index in [4.69, 9.17) is 0 Å². The van der Waals surface area contributed by atoms with Gasteiger partial charge in [-0.25, -0.2) is 8.42 Å². The zero-order chi connectivity index (χ0) is 11.7. The van der Waals surface area contributed by atoms with Crippen molar-refractivity contribution in [1.82, 2.24) is 4.89 Å². The molecular formula is C7H15NO6S. The van der Waals surface area contributed by atoms with Gasteiger partial charge in [0.25, 0.3) is 0 Å². The normalized spacial score (nSPS) is 11.3. The largest absolute Gasteiger partial charge is 0.465 e. The number of rotatable bonds is 8. The van der Waals surface area contributed by atoms with E-state index in [1.54, 1.807) is 11.8 Å². The van der Waals surface area contributed by atoms with Crippen LogP contribution in [-0.4, -0.2) is 47.1 Å². The lowest BCUT2D eigenvalue weighted by atomic mass is 10.8. The van der Waals surface area contributed by atoms with Crippen LogP contribution in [0, 0.1) is 0 Å². The smallest absolute Gasteiger partial charge is 0.322 e. The van der Waals surface area contributed by atoms with Gasteiger partial charge in [0.05, 0.1) is 19.8 Å². The Balaban J connectivity index is 3.82. The Bertz CT molecular complexity index is 275. The molecule has 0 saturated carbocycles. The molecule has 0 radical (unpaired) electrons. The zero-order valence-corrected chi connectivity index (χ0v) is 9.50. The Morgan fingerprint density at radius 2 is 2.00 bits per heavy atom. The van der Waals surface area contributed by atoms with Crippen LogP contribution in [0.2, 0.25) is 0 Å². The standard InChI is InChI=1S/C7H15NO6S/c1-3-13-7(9)6-15(10,11)8-14-5-4-12-2/h8H,3-6H2,1-2H3. The molecule has 90 valence electrons. The molecule has 0 aliphatic carbocycles. The fourth-order valence-electron chi connectivity index (χ4n) is 0.644. The first-order valence-corrected chi connectivity index (χ1v) is 5.93. The van der Waals surface area contributed by atoms with Gasteiger partial charge < -0.3 is 9.47 Å². The minimum absolute atomic E-state index is 0.0680.